The predicted molar refractivity (Wildman–Crippen MR) is 142 cm³/mol. The fourth-order valence-corrected chi connectivity index (χ4v) is 5.59. The molecule has 0 saturated carbocycles. The molecule has 0 aliphatic rings. The quantitative estimate of drug-likeness (QED) is 0.262. The summed E-state index contributed by atoms with van der Waals surface area (Å²) in [7, 11) is -3.77. The maximum absolute atomic E-state index is 12.8. The zero-order valence-electron chi connectivity index (χ0n) is 18.1. The van der Waals surface area contributed by atoms with Crippen molar-refractivity contribution >= 4 is 60.5 Å². The highest BCUT2D eigenvalue weighted by atomic mass is 35.5. The molecule has 1 amide bonds. The Morgan fingerprint density at radius 1 is 0.829 bits per heavy atom. The van der Waals surface area contributed by atoms with Gasteiger partial charge in [0.2, 0.25) is 0 Å². The number of fused-ring (bicyclic) bond motifs is 1. The van der Waals surface area contributed by atoms with Gasteiger partial charge < -0.3 is 5.32 Å². The Morgan fingerprint density at radius 2 is 1.57 bits per heavy atom. The minimum absolute atomic E-state index is 0.0942. The first-order valence-corrected chi connectivity index (χ1v) is 13.2. The maximum atomic E-state index is 12.8. The van der Waals surface area contributed by atoms with E-state index >= 15 is 0 Å². The Kier molecular flexibility index (Phi) is 6.25. The monoisotopic (exact) mass is 519 g/mol. The lowest BCUT2D eigenvalue weighted by Crippen LogP contribution is -2.14. The van der Waals surface area contributed by atoms with E-state index in [1.165, 1.54) is 24.3 Å². The zero-order valence-corrected chi connectivity index (χ0v) is 20.5. The van der Waals surface area contributed by atoms with Crippen LogP contribution in [0.15, 0.2) is 102 Å². The number of hydrogen-bond acceptors (Lipinski definition) is 5. The van der Waals surface area contributed by atoms with Crippen LogP contribution in [0.2, 0.25) is 5.02 Å². The van der Waals surface area contributed by atoms with Crippen LogP contribution in [0.3, 0.4) is 0 Å². The fraction of sp³-hybridized carbons (Fsp3) is 0. The summed E-state index contributed by atoms with van der Waals surface area (Å²) in [4.78, 5) is 17.5. The van der Waals surface area contributed by atoms with E-state index in [0.717, 1.165) is 20.8 Å². The van der Waals surface area contributed by atoms with Gasteiger partial charge in [-0.3, -0.25) is 9.52 Å². The molecule has 0 saturated heterocycles. The number of carbonyl (C=O) groups excluding carboxylic acids is 1. The Balaban J connectivity index is 1.29. The minimum atomic E-state index is -3.77. The number of hydrogen-bond donors (Lipinski definition) is 2. The van der Waals surface area contributed by atoms with Crippen molar-refractivity contribution in [1.82, 2.24) is 4.98 Å². The summed E-state index contributed by atoms with van der Waals surface area (Å²) < 4.78 is 28.7. The Labute approximate surface area is 211 Å². The van der Waals surface area contributed by atoms with Crippen molar-refractivity contribution in [2.45, 2.75) is 4.90 Å². The topological polar surface area (TPSA) is 88.2 Å². The number of aromatic nitrogens is 1. The van der Waals surface area contributed by atoms with E-state index in [4.69, 9.17) is 11.6 Å². The Morgan fingerprint density at radius 3 is 2.31 bits per heavy atom. The first-order valence-electron chi connectivity index (χ1n) is 10.5. The molecule has 0 radical (unpaired) electrons. The van der Waals surface area contributed by atoms with Gasteiger partial charge in [-0.1, -0.05) is 35.9 Å². The Hall–Kier alpha value is -3.72. The van der Waals surface area contributed by atoms with Gasteiger partial charge in [0.05, 0.1) is 15.1 Å². The van der Waals surface area contributed by atoms with Gasteiger partial charge in [0.15, 0.2) is 0 Å². The van der Waals surface area contributed by atoms with E-state index in [9.17, 15) is 13.2 Å². The summed E-state index contributed by atoms with van der Waals surface area (Å²) in [5.74, 6) is -0.307. The second kappa shape index (κ2) is 9.50. The standard InChI is InChI=1S/C26H18ClN3O3S2/c27-19-10-14-22(15-11-19)35(32,33)30-20-12-8-17(9-13-20)25(31)28-21-5-3-4-18(16-21)26-29-23-6-1-2-7-24(23)34-26/h1-16,30H,(H,28,31). The smallest absolute Gasteiger partial charge is 0.261 e. The van der Waals surface area contributed by atoms with Gasteiger partial charge in [0, 0.05) is 27.5 Å². The minimum Gasteiger partial charge on any atom is -0.322 e. The molecule has 4 aromatic carbocycles. The maximum Gasteiger partial charge on any atom is 0.261 e. The number of carbonyl (C=O) groups is 1. The van der Waals surface area contributed by atoms with E-state index < -0.39 is 10.0 Å². The average Bonchev–Trinajstić information content (AvgIpc) is 3.29. The molecule has 1 aromatic heterocycles. The summed E-state index contributed by atoms with van der Waals surface area (Å²) in [5.41, 5.74) is 3.23. The number of nitrogens with zero attached hydrogens (tertiary/aromatic N) is 1. The van der Waals surface area contributed by atoms with Crippen LogP contribution < -0.4 is 10.0 Å². The summed E-state index contributed by atoms with van der Waals surface area (Å²) in [5, 5.41) is 4.21. The van der Waals surface area contributed by atoms with Crippen LogP contribution in [0.4, 0.5) is 11.4 Å². The highest BCUT2D eigenvalue weighted by Gasteiger charge is 2.15. The number of sulfonamides is 1. The van der Waals surface area contributed by atoms with E-state index in [1.54, 1.807) is 35.6 Å². The van der Waals surface area contributed by atoms with Crippen LogP contribution in [-0.2, 0) is 10.0 Å². The number of halogens is 1. The summed E-state index contributed by atoms with van der Waals surface area (Å²) >= 11 is 7.42. The third-order valence-corrected chi connectivity index (χ3v) is 7.92. The lowest BCUT2D eigenvalue weighted by atomic mass is 10.1. The third kappa shape index (κ3) is 5.19. The van der Waals surface area contributed by atoms with Gasteiger partial charge >= 0.3 is 0 Å². The number of anilines is 2. The van der Waals surface area contributed by atoms with Crippen LogP contribution in [0.25, 0.3) is 20.8 Å². The average molecular weight is 520 g/mol. The lowest BCUT2D eigenvalue weighted by Gasteiger charge is -2.10. The van der Waals surface area contributed by atoms with Crippen molar-refractivity contribution in [3.63, 3.8) is 0 Å². The van der Waals surface area contributed by atoms with E-state index in [2.05, 4.69) is 15.0 Å². The third-order valence-electron chi connectivity index (χ3n) is 5.18. The summed E-state index contributed by atoms with van der Waals surface area (Å²) in [6.45, 7) is 0. The van der Waals surface area contributed by atoms with Gasteiger partial charge in [0.1, 0.15) is 5.01 Å². The number of para-hydroxylation sites is 1. The molecule has 9 heteroatoms. The first kappa shape index (κ1) is 23.0. The van der Waals surface area contributed by atoms with Gasteiger partial charge in [-0.15, -0.1) is 11.3 Å². The SMILES string of the molecule is O=C(Nc1cccc(-c2nc3ccccc3s2)c1)c1ccc(NS(=O)(=O)c2ccc(Cl)cc2)cc1. The molecule has 0 aliphatic carbocycles. The van der Waals surface area contributed by atoms with Crippen LogP contribution in [-0.4, -0.2) is 19.3 Å². The fourth-order valence-electron chi connectivity index (χ4n) is 3.45. The summed E-state index contributed by atoms with van der Waals surface area (Å²) in [6.07, 6.45) is 0. The number of benzene rings is 4. The predicted octanol–water partition coefficient (Wildman–Crippen LogP) is 6.67. The van der Waals surface area contributed by atoms with Crippen LogP contribution in [0.1, 0.15) is 10.4 Å². The summed E-state index contributed by atoms with van der Waals surface area (Å²) in [6, 6.07) is 27.5. The highest BCUT2D eigenvalue weighted by molar-refractivity contribution is 7.92. The number of thiazole rings is 1. The van der Waals surface area contributed by atoms with Gasteiger partial charge in [0.25, 0.3) is 15.9 Å². The molecule has 0 bridgehead atoms. The first-order chi connectivity index (χ1) is 16.9. The number of nitrogens with one attached hydrogen (secondary N) is 2. The van der Waals surface area contributed by atoms with Crippen LogP contribution in [0.5, 0.6) is 0 Å². The molecule has 5 aromatic rings. The molecule has 6 nitrogen and oxygen atoms in total. The van der Waals surface area contributed by atoms with Crippen molar-refractivity contribution in [3.8, 4) is 10.6 Å². The van der Waals surface area contributed by atoms with Gasteiger partial charge in [-0.25, -0.2) is 13.4 Å². The van der Waals surface area contributed by atoms with E-state index in [1.807, 2.05) is 48.5 Å². The second-order valence-electron chi connectivity index (χ2n) is 7.66. The molecule has 0 unspecified atom stereocenters. The second-order valence-corrected chi connectivity index (χ2v) is 10.8. The van der Waals surface area contributed by atoms with Gasteiger partial charge in [-0.2, -0.15) is 0 Å². The molecule has 5 rings (SSSR count). The number of rotatable bonds is 6. The molecule has 0 fully saturated rings. The molecule has 0 atom stereocenters. The lowest BCUT2D eigenvalue weighted by molar-refractivity contribution is 0.102. The van der Waals surface area contributed by atoms with Gasteiger partial charge in [-0.05, 0) is 72.8 Å². The molecule has 0 spiro atoms. The molecule has 2 N–H and O–H groups in total. The van der Waals surface area contributed by atoms with Crippen molar-refractivity contribution in [1.29, 1.82) is 0 Å². The van der Waals surface area contributed by atoms with Crippen molar-refractivity contribution in [2.75, 3.05) is 10.0 Å². The van der Waals surface area contributed by atoms with Crippen LogP contribution >= 0.6 is 22.9 Å². The molecule has 1 heterocycles. The number of amides is 1. The Bertz CT molecular complexity index is 1600. The van der Waals surface area contributed by atoms with Crippen molar-refractivity contribution in [2.24, 2.45) is 0 Å². The highest BCUT2D eigenvalue weighted by Crippen LogP contribution is 2.31. The van der Waals surface area contributed by atoms with E-state index in [0.29, 0.717) is 22.0 Å². The molecular weight excluding hydrogens is 502 g/mol. The molecule has 35 heavy (non-hydrogen) atoms. The molecular formula is C26H18ClN3O3S2. The molecule has 174 valence electrons. The van der Waals surface area contributed by atoms with Crippen molar-refractivity contribution < 1.29 is 13.2 Å². The zero-order chi connectivity index (χ0) is 24.4. The molecule has 0 aliphatic heterocycles. The normalized spacial score (nSPS) is 11.3. The van der Waals surface area contributed by atoms with Crippen molar-refractivity contribution in [3.05, 3.63) is 108 Å². The largest absolute Gasteiger partial charge is 0.322 e. The van der Waals surface area contributed by atoms with E-state index in [-0.39, 0.29) is 10.8 Å². The van der Waals surface area contributed by atoms with Crippen LogP contribution in [0, 0.1) is 0 Å².